The Morgan fingerprint density at radius 3 is 2.30 bits per heavy atom. The predicted octanol–water partition coefficient (Wildman–Crippen LogP) is 3.53. The molecular formula is C28H38N4O5. The lowest BCUT2D eigenvalue weighted by molar-refractivity contribution is -0.141. The number of hydrazone groups is 1. The van der Waals surface area contributed by atoms with Crippen LogP contribution >= 0.6 is 0 Å². The Kier molecular flexibility index (Phi) is 7.98. The molecule has 1 aliphatic carbocycles. The number of carbonyl (C=O) groups is 2. The van der Waals surface area contributed by atoms with Gasteiger partial charge in [-0.05, 0) is 57.7 Å². The molecule has 9 heteroatoms. The van der Waals surface area contributed by atoms with Gasteiger partial charge >= 0.3 is 6.03 Å². The lowest BCUT2D eigenvalue weighted by Gasteiger charge is -2.43. The number of benzene rings is 1. The highest BCUT2D eigenvalue weighted by Crippen LogP contribution is 2.38. The third-order valence-electron chi connectivity index (χ3n) is 7.74. The summed E-state index contributed by atoms with van der Waals surface area (Å²) in [6, 6.07) is 6.03. The molecule has 1 aromatic carbocycles. The maximum absolute atomic E-state index is 13.6. The predicted molar refractivity (Wildman–Crippen MR) is 140 cm³/mol. The zero-order valence-electron chi connectivity index (χ0n) is 21.9. The first-order chi connectivity index (χ1) is 18.1. The van der Waals surface area contributed by atoms with E-state index < -0.39 is 0 Å². The van der Waals surface area contributed by atoms with E-state index >= 15 is 0 Å². The Balaban J connectivity index is 1.37. The van der Waals surface area contributed by atoms with Crippen molar-refractivity contribution >= 4 is 17.6 Å². The first kappa shape index (κ1) is 25.6. The first-order valence-electron chi connectivity index (χ1n) is 13.7. The molecule has 3 aliphatic heterocycles. The Hall–Kier alpha value is -3.07. The van der Waals surface area contributed by atoms with E-state index in [2.05, 4.69) is 12.2 Å². The van der Waals surface area contributed by atoms with Gasteiger partial charge in [0, 0.05) is 37.7 Å². The molecule has 5 rings (SSSR count). The number of fused-ring (bicyclic) bond motifs is 1. The summed E-state index contributed by atoms with van der Waals surface area (Å²) in [4.78, 5) is 30.4. The number of allylic oxidation sites excluding steroid dienone is 2. The van der Waals surface area contributed by atoms with Crippen molar-refractivity contribution in [3.8, 4) is 11.5 Å². The summed E-state index contributed by atoms with van der Waals surface area (Å²) in [5.41, 5.74) is 1.90. The molecule has 2 fully saturated rings. The van der Waals surface area contributed by atoms with Crippen molar-refractivity contribution in [2.45, 2.75) is 45.6 Å². The summed E-state index contributed by atoms with van der Waals surface area (Å²) < 4.78 is 17.0. The van der Waals surface area contributed by atoms with E-state index in [0.717, 1.165) is 42.7 Å². The highest BCUT2D eigenvalue weighted by Gasteiger charge is 2.43. The van der Waals surface area contributed by atoms with Gasteiger partial charge in [0.25, 0.3) is 0 Å². The number of ether oxygens (including phenoxy) is 3. The van der Waals surface area contributed by atoms with Gasteiger partial charge in [-0.25, -0.2) is 9.80 Å². The number of hydrogen-bond donors (Lipinski definition) is 0. The van der Waals surface area contributed by atoms with E-state index in [0.29, 0.717) is 58.4 Å². The fourth-order valence-corrected chi connectivity index (χ4v) is 5.80. The van der Waals surface area contributed by atoms with Crippen LogP contribution in [0.2, 0.25) is 0 Å². The monoisotopic (exact) mass is 510 g/mol. The highest BCUT2D eigenvalue weighted by atomic mass is 16.5. The fraction of sp³-hybridized carbons (Fsp3) is 0.607. The molecule has 0 spiro atoms. The second-order valence-electron chi connectivity index (χ2n) is 9.95. The highest BCUT2D eigenvalue weighted by molar-refractivity contribution is 6.07. The maximum atomic E-state index is 13.6. The van der Waals surface area contributed by atoms with Crippen molar-refractivity contribution < 1.29 is 23.8 Å². The molecule has 0 N–H and O–H groups in total. The Bertz CT molecular complexity index is 1040. The number of amides is 3. The molecule has 200 valence electrons. The quantitative estimate of drug-likeness (QED) is 0.547. The first-order valence-corrected chi connectivity index (χ1v) is 13.7. The Morgan fingerprint density at radius 1 is 0.946 bits per heavy atom. The van der Waals surface area contributed by atoms with Crippen LogP contribution in [0.3, 0.4) is 0 Å². The summed E-state index contributed by atoms with van der Waals surface area (Å²) in [6.07, 6.45) is 7.25. The molecule has 2 saturated heterocycles. The second-order valence-corrected chi connectivity index (χ2v) is 9.95. The van der Waals surface area contributed by atoms with E-state index in [1.165, 1.54) is 0 Å². The van der Waals surface area contributed by atoms with Crippen LogP contribution in [0.5, 0.6) is 11.5 Å². The summed E-state index contributed by atoms with van der Waals surface area (Å²) >= 11 is 0. The maximum Gasteiger partial charge on any atom is 0.320 e. The molecule has 3 amide bonds. The number of likely N-dealkylation sites (tertiary alicyclic amines) is 1. The lowest BCUT2D eigenvalue weighted by Crippen LogP contribution is -2.55. The van der Waals surface area contributed by atoms with Gasteiger partial charge in [-0.1, -0.05) is 12.2 Å². The number of nitrogens with zero attached hydrogens (tertiary/aromatic N) is 4. The van der Waals surface area contributed by atoms with E-state index in [1.807, 2.05) is 41.8 Å². The average molecular weight is 511 g/mol. The molecule has 37 heavy (non-hydrogen) atoms. The van der Waals surface area contributed by atoms with E-state index in [1.54, 1.807) is 5.01 Å². The minimum Gasteiger partial charge on any atom is -0.490 e. The van der Waals surface area contributed by atoms with Crippen molar-refractivity contribution in [3.05, 3.63) is 35.9 Å². The van der Waals surface area contributed by atoms with Crippen LogP contribution < -0.4 is 9.47 Å². The third-order valence-corrected chi connectivity index (χ3v) is 7.74. The van der Waals surface area contributed by atoms with Crippen LogP contribution in [0, 0.1) is 11.8 Å². The van der Waals surface area contributed by atoms with E-state index in [-0.39, 0.29) is 29.8 Å². The van der Waals surface area contributed by atoms with Crippen LogP contribution in [-0.2, 0) is 9.53 Å². The summed E-state index contributed by atoms with van der Waals surface area (Å²) in [5.74, 6) is 1.45. The minimum absolute atomic E-state index is 0.0165. The normalized spacial score (nSPS) is 24.5. The van der Waals surface area contributed by atoms with E-state index in [9.17, 15) is 9.59 Å². The Labute approximate surface area is 219 Å². The molecule has 4 aliphatic rings. The topological polar surface area (TPSA) is 83.9 Å². The summed E-state index contributed by atoms with van der Waals surface area (Å²) in [7, 11) is 0. The average Bonchev–Trinajstić information content (AvgIpc) is 2.95. The van der Waals surface area contributed by atoms with Crippen molar-refractivity contribution in [3.63, 3.8) is 0 Å². The van der Waals surface area contributed by atoms with Crippen molar-refractivity contribution in [2.24, 2.45) is 16.9 Å². The number of piperidine rings is 1. The molecule has 0 saturated carbocycles. The number of rotatable bonds is 6. The van der Waals surface area contributed by atoms with Gasteiger partial charge in [0.1, 0.15) is 0 Å². The van der Waals surface area contributed by atoms with E-state index in [4.69, 9.17) is 19.3 Å². The number of carbonyl (C=O) groups excluding carboxylic acids is 2. The standard InChI is InChI=1S/C28H38N4O5/c1-3-36-24-10-9-20(19-25(24)37-4-2)26-22-7-5-6-8-23(22)27(33)32(29-26)21-11-13-30(14-12-21)28(34)31-15-17-35-18-16-31/h5-6,9-10,19,21-23H,3-4,7-8,11-18H2,1-2H3/t22-,23+/m0/s1. The lowest BCUT2D eigenvalue weighted by atomic mass is 9.76. The Morgan fingerprint density at radius 2 is 1.59 bits per heavy atom. The van der Waals surface area contributed by atoms with Crippen molar-refractivity contribution in [2.75, 3.05) is 52.6 Å². The van der Waals surface area contributed by atoms with Gasteiger partial charge < -0.3 is 24.0 Å². The van der Waals surface area contributed by atoms with Gasteiger partial charge in [-0.2, -0.15) is 5.10 Å². The van der Waals surface area contributed by atoms with Crippen molar-refractivity contribution in [1.29, 1.82) is 0 Å². The van der Waals surface area contributed by atoms with Crippen LogP contribution in [0.15, 0.2) is 35.5 Å². The number of morpholine rings is 1. The van der Waals surface area contributed by atoms with Gasteiger partial charge in [0.05, 0.1) is 44.1 Å². The molecule has 1 aromatic rings. The fourth-order valence-electron chi connectivity index (χ4n) is 5.80. The zero-order chi connectivity index (χ0) is 25.8. The summed E-state index contributed by atoms with van der Waals surface area (Å²) in [5, 5.41) is 6.76. The van der Waals surface area contributed by atoms with Gasteiger partial charge in [0.2, 0.25) is 5.91 Å². The zero-order valence-corrected chi connectivity index (χ0v) is 21.9. The molecule has 2 atom stereocenters. The largest absolute Gasteiger partial charge is 0.490 e. The molecular weight excluding hydrogens is 472 g/mol. The van der Waals surface area contributed by atoms with Crippen molar-refractivity contribution in [1.82, 2.24) is 14.8 Å². The van der Waals surface area contributed by atoms with Gasteiger partial charge in [-0.3, -0.25) is 4.79 Å². The molecule has 3 heterocycles. The van der Waals surface area contributed by atoms with Crippen LogP contribution in [-0.4, -0.2) is 91.1 Å². The van der Waals surface area contributed by atoms with Crippen LogP contribution in [0.1, 0.15) is 45.1 Å². The van der Waals surface area contributed by atoms with Gasteiger partial charge in [0.15, 0.2) is 11.5 Å². The molecule has 0 unspecified atom stereocenters. The molecule has 0 aromatic heterocycles. The van der Waals surface area contributed by atoms with Gasteiger partial charge in [-0.15, -0.1) is 0 Å². The van der Waals surface area contributed by atoms with Crippen LogP contribution in [0.4, 0.5) is 4.79 Å². The second kappa shape index (κ2) is 11.5. The third kappa shape index (κ3) is 5.32. The smallest absolute Gasteiger partial charge is 0.320 e. The summed E-state index contributed by atoms with van der Waals surface area (Å²) in [6.45, 7) is 8.73. The molecule has 0 radical (unpaired) electrons. The number of hydrogen-bond acceptors (Lipinski definition) is 6. The minimum atomic E-state index is -0.118. The van der Waals surface area contributed by atoms with Crippen LogP contribution in [0.25, 0.3) is 0 Å². The number of urea groups is 1. The molecule has 9 nitrogen and oxygen atoms in total. The molecule has 0 bridgehead atoms. The SMILES string of the molecule is CCOc1ccc(C2=NN(C3CCN(C(=O)N4CCOCC4)CC3)C(=O)[C@@H]3CC=CC[C@H]23)cc1OCC.